The number of halogens is 2. The average Bonchev–Trinajstić information content (AvgIpc) is 3.26. The maximum Gasteiger partial charge on any atom is 0.324 e. The van der Waals surface area contributed by atoms with E-state index in [0.717, 1.165) is 33.4 Å². The molecule has 0 bridgehead atoms. The molecule has 0 unspecified atom stereocenters. The first-order chi connectivity index (χ1) is 18.3. The van der Waals surface area contributed by atoms with Gasteiger partial charge in [0.1, 0.15) is 5.75 Å². The average molecular weight is 551 g/mol. The highest BCUT2D eigenvalue weighted by Gasteiger charge is 2.56. The Morgan fingerprint density at radius 3 is 1.79 bits per heavy atom. The molecule has 3 aromatic carbocycles. The molecule has 2 aliphatic rings. The number of carbonyl (C=O) groups is 2. The van der Waals surface area contributed by atoms with E-state index in [4.69, 9.17) is 37.4 Å². The number of benzene rings is 3. The second-order valence-electron chi connectivity index (χ2n) is 9.54. The van der Waals surface area contributed by atoms with Gasteiger partial charge in [-0.25, -0.2) is 0 Å². The van der Waals surface area contributed by atoms with Crippen LogP contribution in [0, 0.1) is 5.41 Å². The molecule has 0 spiro atoms. The minimum absolute atomic E-state index is 0.154. The van der Waals surface area contributed by atoms with Crippen LogP contribution < -0.4 is 4.74 Å². The van der Waals surface area contributed by atoms with Gasteiger partial charge < -0.3 is 14.2 Å². The van der Waals surface area contributed by atoms with Gasteiger partial charge in [-0.1, -0.05) is 59.6 Å². The van der Waals surface area contributed by atoms with Crippen molar-refractivity contribution in [2.75, 3.05) is 20.3 Å². The molecule has 0 radical (unpaired) electrons. The largest absolute Gasteiger partial charge is 0.496 e. The molecule has 0 saturated heterocycles. The lowest BCUT2D eigenvalue weighted by Gasteiger charge is -2.35. The number of carbonyl (C=O) groups excluding carboxylic acids is 2. The highest BCUT2D eigenvalue weighted by atomic mass is 35.5. The summed E-state index contributed by atoms with van der Waals surface area (Å²) in [5, 5.41) is 1.24. The van der Waals surface area contributed by atoms with Crippen LogP contribution in [0.2, 0.25) is 10.0 Å². The third kappa shape index (κ3) is 4.00. The monoisotopic (exact) mass is 550 g/mol. The number of hydrogen-bond acceptors (Lipinski definition) is 5. The van der Waals surface area contributed by atoms with Crippen LogP contribution in [0.1, 0.15) is 48.1 Å². The molecular formula is C31H28Cl2O5. The molecule has 0 N–H and O–H groups in total. The van der Waals surface area contributed by atoms with Crippen LogP contribution in [-0.2, 0) is 30.9 Å². The van der Waals surface area contributed by atoms with Gasteiger partial charge in [0.15, 0.2) is 5.41 Å². The third-order valence-corrected chi connectivity index (χ3v) is 8.00. The van der Waals surface area contributed by atoms with E-state index >= 15 is 0 Å². The number of esters is 2. The van der Waals surface area contributed by atoms with Gasteiger partial charge in [0.25, 0.3) is 0 Å². The van der Waals surface area contributed by atoms with E-state index in [-0.39, 0.29) is 26.1 Å². The van der Waals surface area contributed by atoms with Gasteiger partial charge in [-0.2, -0.15) is 0 Å². The van der Waals surface area contributed by atoms with E-state index < -0.39 is 22.8 Å². The molecule has 7 heteroatoms. The van der Waals surface area contributed by atoms with Crippen molar-refractivity contribution < 1.29 is 23.8 Å². The van der Waals surface area contributed by atoms with E-state index in [1.807, 2.05) is 60.7 Å². The van der Waals surface area contributed by atoms with Crippen molar-refractivity contribution in [3.63, 3.8) is 0 Å². The fourth-order valence-corrected chi connectivity index (χ4v) is 6.17. The predicted molar refractivity (Wildman–Crippen MR) is 148 cm³/mol. The van der Waals surface area contributed by atoms with Gasteiger partial charge in [-0.15, -0.1) is 0 Å². The fourth-order valence-electron chi connectivity index (χ4n) is 5.92. The van der Waals surface area contributed by atoms with Crippen molar-refractivity contribution in [2.24, 2.45) is 5.41 Å². The van der Waals surface area contributed by atoms with Gasteiger partial charge >= 0.3 is 11.9 Å². The highest BCUT2D eigenvalue weighted by molar-refractivity contribution is 6.30. The van der Waals surface area contributed by atoms with Gasteiger partial charge in [0, 0.05) is 22.0 Å². The SMILES string of the molecule is CCOC(=O)C1(C(=O)OCC)CC2=CC(c3ccc(Cl)cc3)(c3ccc(Cl)cc3)c3c(OC)ccc(c32)C1. The fraction of sp³-hybridized carbons (Fsp3) is 0.290. The maximum absolute atomic E-state index is 13.4. The zero-order valence-electron chi connectivity index (χ0n) is 21.5. The molecule has 5 rings (SSSR count). The van der Waals surface area contributed by atoms with Gasteiger partial charge in [0.05, 0.1) is 25.7 Å². The van der Waals surface area contributed by atoms with Crippen LogP contribution in [0.5, 0.6) is 5.75 Å². The Kier molecular flexibility index (Phi) is 7.01. The van der Waals surface area contributed by atoms with E-state index in [0.29, 0.717) is 15.8 Å². The van der Waals surface area contributed by atoms with Crippen LogP contribution in [0.25, 0.3) is 5.57 Å². The summed E-state index contributed by atoms with van der Waals surface area (Å²) in [5.74, 6) is -0.435. The second kappa shape index (κ2) is 10.1. The van der Waals surface area contributed by atoms with Gasteiger partial charge in [-0.05, 0) is 78.4 Å². The molecule has 0 amide bonds. The number of ether oxygens (including phenoxy) is 3. The Morgan fingerprint density at radius 1 is 0.789 bits per heavy atom. The lowest BCUT2D eigenvalue weighted by atomic mass is 9.68. The molecule has 0 aromatic heterocycles. The van der Waals surface area contributed by atoms with Crippen LogP contribution in [-0.4, -0.2) is 32.3 Å². The minimum Gasteiger partial charge on any atom is -0.496 e. The zero-order valence-corrected chi connectivity index (χ0v) is 23.0. The lowest BCUT2D eigenvalue weighted by molar-refractivity contribution is -0.172. The number of methoxy groups -OCH3 is 1. The van der Waals surface area contributed by atoms with Crippen molar-refractivity contribution in [3.8, 4) is 5.75 Å². The smallest absolute Gasteiger partial charge is 0.324 e. The third-order valence-electron chi connectivity index (χ3n) is 7.50. The Balaban J connectivity index is 1.83. The van der Waals surface area contributed by atoms with E-state index in [1.54, 1.807) is 21.0 Å². The van der Waals surface area contributed by atoms with Crippen molar-refractivity contribution in [1.29, 1.82) is 0 Å². The first-order valence-electron chi connectivity index (χ1n) is 12.6. The molecule has 5 nitrogen and oxygen atoms in total. The molecule has 2 aliphatic carbocycles. The first-order valence-corrected chi connectivity index (χ1v) is 13.3. The molecular weight excluding hydrogens is 523 g/mol. The summed E-state index contributed by atoms with van der Waals surface area (Å²) >= 11 is 12.6. The Hall–Kier alpha value is -3.28. The quantitative estimate of drug-likeness (QED) is 0.239. The topological polar surface area (TPSA) is 61.8 Å². The summed E-state index contributed by atoms with van der Waals surface area (Å²) in [4.78, 5) is 26.8. The van der Waals surface area contributed by atoms with E-state index in [1.165, 1.54) is 0 Å². The second-order valence-corrected chi connectivity index (χ2v) is 10.4. The standard InChI is InChI=1S/C31H28Cl2O5/c1-4-37-28(34)30(29(35)38-5-2)16-19-6-15-25(36-3)27-26(19)20(17-30)18-31(27,21-7-11-23(32)12-8-21)22-9-13-24(33)14-10-22/h6-15,18H,4-5,16-17H2,1-3H3. The summed E-state index contributed by atoms with van der Waals surface area (Å²) in [6.45, 7) is 3.80. The van der Waals surface area contributed by atoms with E-state index in [2.05, 4.69) is 6.08 Å². The van der Waals surface area contributed by atoms with Gasteiger partial charge in [-0.3, -0.25) is 9.59 Å². The Bertz CT molecular complexity index is 1360. The molecule has 0 heterocycles. The van der Waals surface area contributed by atoms with Crippen LogP contribution in [0.3, 0.4) is 0 Å². The van der Waals surface area contributed by atoms with Crippen molar-refractivity contribution in [3.05, 3.63) is 105 Å². The summed E-state index contributed by atoms with van der Waals surface area (Å²) < 4.78 is 16.8. The lowest BCUT2D eigenvalue weighted by Crippen LogP contribution is -2.46. The molecule has 3 aromatic rings. The number of hydrogen-bond donors (Lipinski definition) is 0. The molecule has 196 valence electrons. The number of rotatable bonds is 7. The summed E-state index contributed by atoms with van der Waals surface area (Å²) in [6, 6.07) is 19.2. The van der Waals surface area contributed by atoms with Crippen molar-refractivity contribution in [2.45, 2.75) is 32.1 Å². The van der Waals surface area contributed by atoms with E-state index in [9.17, 15) is 9.59 Å². The molecule has 0 fully saturated rings. The van der Waals surface area contributed by atoms with Crippen LogP contribution >= 0.6 is 23.2 Å². The maximum atomic E-state index is 13.4. The highest BCUT2D eigenvalue weighted by Crippen LogP contribution is 2.59. The van der Waals surface area contributed by atoms with Gasteiger partial charge in [0.2, 0.25) is 0 Å². The number of allylic oxidation sites excluding steroid dienone is 2. The zero-order chi connectivity index (χ0) is 27.1. The molecule has 0 aliphatic heterocycles. The Labute approximate surface area is 232 Å². The van der Waals surface area contributed by atoms with Crippen LogP contribution in [0.15, 0.2) is 66.7 Å². The molecule has 0 atom stereocenters. The Morgan fingerprint density at radius 2 is 1.32 bits per heavy atom. The van der Waals surface area contributed by atoms with Crippen molar-refractivity contribution in [1.82, 2.24) is 0 Å². The molecule has 0 saturated carbocycles. The van der Waals surface area contributed by atoms with Crippen LogP contribution in [0.4, 0.5) is 0 Å². The normalized spacial score (nSPS) is 16.3. The summed E-state index contributed by atoms with van der Waals surface area (Å²) in [5.41, 5.74) is 3.35. The predicted octanol–water partition coefficient (Wildman–Crippen LogP) is 6.79. The minimum atomic E-state index is -1.48. The summed E-state index contributed by atoms with van der Waals surface area (Å²) in [6.07, 6.45) is 2.47. The molecule has 38 heavy (non-hydrogen) atoms. The van der Waals surface area contributed by atoms with Crippen molar-refractivity contribution >= 4 is 40.7 Å². The summed E-state index contributed by atoms with van der Waals surface area (Å²) in [7, 11) is 1.65. The first kappa shape index (κ1) is 26.3.